The summed E-state index contributed by atoms with van der Waals surface area (Å²) in [6.45, 7) is 2.07. The maximum atomic E-state index is 6.13. The zero-order chi connectivity index (χ0) is 14.5. The van der Waals surface area contributed by atoms with Crippen molar-refractivity contribution in [3.05, 3.63) is 52.0 Å². The normalized spacial score (nSPS) is 10.8. The van der Waals surface area contributed by atoms with Crippen molar-refractivity contribution >= 4 is 52.4 Å². The largest absolute Gasteiger partial charge is 0.398 e. The predicted molar refractivity (Wildman–Crippen MR) is 93.5 cm³/mol. The molecule has 106 valence electrons. The molecule has 2 rings (SSSR count). The summed E-state index contributed by atoms with van der Waals surface area (Å²) < 4.78 is 0. The first-order chi connectivity index (χ1) is 9.56. The van der Waals surface area contributed by atoms with E-state index in [-0.39, 0.29) is 0 Å². The average Bonchev–Trinajstić information content (AvgIpc) is 2.42. The van der Waals surface area contributed by atoms with Crippen molar-refractivity contribution < 1.29 is 0 Å². The highest BCUT2D eigenvalue weighted by atomic mass is 35.5. The van der Waals surface area contributed by atoms with Gasteiger partial charge in [-0.25, -0.2) is 0 Å². The number of nitrogen functional groups attached to an aromatic ring is 1. The van der Waals surface area contributed by atoms with Crippen molar-refractivity contribution in [2.75, 3.05) is 17.2 Å². The van der Waals surface area contributed by atoms with Gasteiger partial charge in [0.2, 0.25) is 0 Å². The molecule has 0 bridgehead atoms. The molecule has 0 atom stereocenters. The summed E-state index contributed by atoms with van der Waals surface area (Å²) in [6, 6.07) is 11.6. The minimum Gasteiger partial charge on any atom is -0.398 e. The van der Waals surface area contributed by atoms with Gasteiger partial charge in [0.25, 0.3) is 0 Å². The molecule has 0 unspecified atom stereocenters. The number of halogens is 2. The molecule has 0 heterocycles. The van der Waals surface area contributed by atoms with Gasteiger partial charge >= 0.3 is 0 Å². The van der Waals surface area contributed by atoms with Crippen molar-refractivity contribution in [3.63, 3.8) is 0 Å². The van der Waals surface area contributed by atoms with Crippen molar-refractivity contribution in [1.82, 2.24) is 0 Å². The van der Waals surface area contributed by atoms with E-state index < -0.39 is 0 Å². The highest BCUT2D eigenvalue weighted by molar-refractivity contribution is 8.03. The first-order valence-electron chi connectivity index (χ1n) is 6.13. The number of nitrogens with two attached hydrogens (primary N) is 1. The lowest BCUT2D eigenvalue weighted by atomic mass is 10.2. The molecule has 20 heavy (non-hydrogen) atoms. The second-order valence-electron chi connectivity index (χ2n) is 4.31. The Kier molecular flexibility index (Phi) is 5.97. The minimum atomic E-state index is 0.715. The van der Waals surface area contributed by atoms with Gasteiger partial charge in [0.05, 0.1) is 5.02 Å². The lowest BCUT2D eigenvalue weighted by Crippen LogP contribution is -1.91. The first-order valence-corrected chi connectivity index (χ1v) is 8.86. The van der Waals surface area contributed by atoms with Crippen LogP contribution in [0.5, 0.6) is 0 Å². The van der Waals surface area contributed by atoms with Gasteiger partial charge < -0.3 is 5.73 Å². The summed E-state index contributed by atoms with van der Waals surface area (Å²) in [5.74, 6) is 1.93. The summed E-state index contributed by atoms with van der Waals surface area (Å²) in [5, 5.41) is 1.46. The Hall–Kier alpha value is -0.480. The van der Waals surface area contributed by atoms with E-state index >= 15 is 0 Å². The first kappa shape index (κ1) is 15.9. The molecule has 5 heteroatoms. The molecule has 0 saturated carbocycles. The summed E-state index contributed by atoms with van der Waals surface area (Å²) in [7, 11) is 0. The predicted octanol–water partition coefficient (Wildman–Crippen LogP) is 5.77. The number of aryl methyl sites for hydroxylation is 1. The fourth-order valence-corrected chi connectivity index (χ4v) is 4.20. The van der Waals surface area contributed by atoms with Gasteiger partial charge in [-0.15, -0.1) is 23.5 Å². The molecule has 0 aliphatic carbocycles. The molecule has 0 fully saturated rings. The molecule has 0 amide bonds. The van der Waals surface area contributed by atoms with Crippen LogP contribution >= 0.6 is 46.7 Å². The molecule has 0 saturated heterocycles. The van der Waals surface area contributed by atoms with Crippen LogP contribution in [0.4, 0.5) is 5.69 Å². The van der Waals surface area contributed by atoms with Crippen LogP contribution in [0, 0.1) is 6.92 Å². The van der Waals surface area contributed by atoms with Gasteiger partial charge in [0, 0.05) is 32.0 Å². The van der Waals surface area contributed by atoms with Crippen molar-refractivity contribution in [2.24, 2.45) is 0 Å². The van der Waals surface area contributed by atoms with E-state index in [2.05, 4.69) is 13.0 Å². The summed E-state index contributed by atoms with van der Waals surface area (Å²) >= 11 is 15.6. The molecule has 1 nitrogen and oxygen atoms in total. The van der Waals surface area contributed by atoms with Gasteiger partial charge in [0.15, 0.2) is 0 Å². The van der Waals surface area contributed by atoms with E-state index in [1.54, 1.807) is 29.6 Å². The van der Waals surface area contributed by atoms with Crippen molar-refractivity contribution in [3.8, 4) is 0 Å². The smallest absolute Gasteiger partial charge is 0.0542 e. The van der Waals surface area contributed by atoms with Gasteiger partial charge in [-0.05, 0) is 42.8 Å². The van der Waals surface area contributed by atoms with Crippen LogP contribution in [0.25, 0.3) is 0 Å². The monoisotopic (exact) mass is 343 g/mol. The zero-order valence-electron chi connectivity index (χ0n) is 11.0. The molecular weight excluding hydrogens is 329 g/mol. The molecule has 0 radical (unpaired) electrons. The Morgan fingerprint density at radius 1 is 0.950 bits per heavy atom. The van der Waals surface area contributed by atoms with Crippen LogP contribution in [0.15, 0.2) is 46.2 Å². The third-order valence-electron chi connectivity index (χ3n) is 2.66. The number of benzene rings is 2. The van der Waals surface area contributed by atoms with E-state index in [4.69, 9.17) is 28.9 Å². The van der Waals surface area contributed by atoms with Crippen LogP contribution in [0.2, 0.25) is 10.0 Å². The quantitative estimate of drug-likeness (QED) is 0.424. The molecular formula is C15H15Cl2NS2. The van der Waals surface area contributed by atoms with Gasteiger partial charge in [-0.1, -0.05) is 29.3 Å². The maximum Gasteiger partial charge on any atom is 0.0542 e. The number of hydrogen-bond acceptors (Lipinski definition) is 3. The van der Waals surface area contributed by atoms with Gasteiger partial charge in [0.1, 0.15) is 0 Å². The minimum absolute atomic E-state index is 0.715. The molecule has 2 aromatic rings. The second-order valence-corrected chi connectivity index (χ2v) is 7.43. The lowest BCUT2D eigenvalue weighted by Gasteiger charge is -2.07. The topological polar surface area (TPSA) is 26.0 Å². The van der Waals surface area contributed by atoms with Crippen LogP contribution in [0.1, 0.15) is 5.56 Å². The average molecular weight is 344 g/mol. The Balaban J connectivity index is 1.87. The Morgan fingerprint density at radius 2 is 1.65 bits per heavy atom. The molecule has 0 aliphatic rings. The fraction of sp³-hybridized carbons (Fsp3) is 0.200. The molecule has 0 aliphatic heterocycles. The Labute approximate surface area is 138 Å². The molecule has 0 spiro atoms. The number of hydrogen-bond donors (Lipinski definition) is 1. The number of anilines is 1. The SMILES string of the molecule is Cc1ccc(N)c(SCCSc2cc(Cl)ccc2Cl)c1. The van der Waals surface area contributed by atoms with Crippen molar-refractivity contribution in [1.29, 1.82) is 0 Å². The highest BCUT2D eigenvalue weighted by Gasteiger charge is 2.04. The molecule has 2 N–H and O–H groups in total. The number of thioether (sulfide) groups is 2. The van der Waals surface area contributed by atoms with Crippen LogP contribution in [-0.2, 0) is 0 Å². The second kappa shape index (κ2) is 7.51. The van der Waals surface area contributed by atoms with E-state index in [0.717, 1.165) is 32.0 Å². The van der Waals surface area contributed by atoms with Gasteiger partial charge in [-0.3, -0.25) is 0 Å². The van der Waals surface area contributed by atoms with Crippen LogP contribution < -0.4 is 5.73 Å². The zero-order valence-corrected chi connectivity index (χ0v) is 14.2. The Morgan fingerprint density at radius 3 is 2.40 bits per heavy atom. The third-order valence-corrected chi connectivity index (χ3v) is 5.73. The van der Waals surface area contributed by atoms with Crippen molar-refractivity contribution in [2.45, 2.75) is 16.7 Å². The third kappa shape index (κ3) is 4.52. The number of rotatable bonds is 5. The molecule has 0 aromatic heterocycles. The summed E-state index contributed by atoms with van der Waals surface area (Å²) in [6.07, 6.45) is 0. The van der Waals surface area contributed by atoms with Gasteiger partial charge in [-0.2, -0.15) is 0 Å². The lowest BCUT2D eigenvalue weighted by molar-refractivity contribution is 1.36. The fourth-order valence-electron chi connectivity index (χ4n) is 1.66. The van der Waals surface area contributed by atoms with E-state index in [9.17, 15) is 0 Å². The van der Waals surface area contributed by atoms with E-state index in [1.807, 2.05) is 24.3 Å². The standard InChI is InChI=1S/C15H15Cl2NS2/c1-10-2-5-13(18)15(8-10)20-7-6-19-14-9-11(16)3-4-12(14)17/h2-5,8-9H,6-7,18H2,1H3. The van der Waals surface area contributed by atoms with Crippen LogP contribution in [-0.4, -0.2) is 11.5 Å². The van der Waals surface area contributed by atoms with Crippen LogP contribution in [0.3, 0.4) is 0 Å². The van der Waals surface area contributed by atoms with E-state index in [0.29, 0.717) is 5.02 Å². The highest BCUT2D eigenvalue weighted by Crippen LogP contribution is 2.32. The summed E-state index contributed by atoms with van der Waals surface area (Å²) in [4.78, 5) is 2.17. The summed E-state index contributed by atoms with van der Waals surface area (Å²) in [5.41, 5.74) is 8.03. The van der Waals surface area contributed by atoms with E-state index in [1.165, 1.54) is 5.56 Å². The maximum absolute atomic E-state index is 6.13. The Bertz CT molecular complexity index is 549. The molecule has 2 aromatic carbocycles.